The van der Waals surface area contributed by atoms with Crippen molar-refractivity contribution in [3.63, 3.8) is 0 Å². The van der Waals surface area contributed by atoms with E-state index in [-0.39, 0.29) is 5.91 Å². The number of carbonyl (C=O) groups excluding carboxylic acids is 1. The molecule has 158 valence electrons. The molecule has 1 aliphatic rings. The Hall–Kier alpha value is -2.11. The number of amides is 1. The number of nitrogens with zero attached hydrogens (tertiary/aromatic N) is 3. The van der Waals surface area contributed by atoms with Crippen LogP contribution in [0.15, 0.2) is 42.6 Å². The smallest absolute Gasteiger partial charge is 0.254 e. The summed E-state index contributed by atoms with van der Waals surface area (Å²) in [6, 6.07) is 12.3. The zero-order chi connectivity index (χ0) is 20.5. The number of rotatable bonds is 10. The van der Waals surface area contributed by atoms with Gasteiger partial charge in [0.2, 0.25) is 0 Å². The minimum absolute atomic E-state index is 0.121. The van der Waals surface area contributed by atoms with Crippen LogP contribution < -0.4 is 0 Å². The van der Waals surface area contributed by atoms with E-state index in [4.69, 9.17) is 4.74 Å². The highest BCUT2D eigenvalue weighted by Gasteiger charge is 2.18. The predicted octanol–water partition coefficient (Wildman–Crippen LogP) is 3.73. The highest BCUT2D eigenvalue weighted by atomic mass is 16.5. The SMILES string of the molecule is CCCCc1ccc(C(=O)N(CCCN2CCOCC2)Cc2cccn2C)cc1. The number of aromatic nitrogens is 1. The van der Waals surface area contributed by atoms with Gasteiger partial charge in [-0.15, -0.1) is 0 Å². The third-order valence-electron chi connectivity index (χ3n) is 5.72. The second kappa shape index (κ2) is 11.2. The predicted molar refractivity (Wildman–Crippen MR) is 117 cm³/mol. The van der Waals surface area contributed by atoms with Crippen molar-refractivity contribution in [3.8, 4) is 0 Å². The molecular formula is C24H35N3O2. The summed E-state index contributed by atoms with van der Waals surface area (Å²) in [5.41, 5.74) is 3.25. The Labute approximate surface area is 175 Å². The summed E-state index contributed by atoms with van der Waals surface area (Å²) in [5.74, 6) is 0.121. The van der Waals surface area contributed by atoms with Crippen molar-refractivity contribution in [2.75, 3.05) is 39.4 Å². The normalized spacial score (nSPS) is 14.8. The number of ether oxygens (including phenoxy) is 1. The molecule has 0 bridgehead atoms. The average Bonchev–Trinajstić information content (AvgIpc) is 3.16. The van der Waals surface area contributed by atoms with Gasteiger partial charge in [-0.2, -0.15) is 0 Å². The van der Waals surface area contributed by atoms with Gasteiger partial charge in [-0.05, 0) is 49.1 Å². The number of hydrogen-bond donors (Lipinski definition) is 0. The minimum atomic E-state index is 0.121. The van der Waals surface area contributed by atoms with E-state index in [1.807, 2.05) is 36.3 Å². The molecule has 0 atom stereocenters. The molecule has 0 unspecified atom stereocenters. The molecule has 0 N–H and O–H groups in total. The van der Waals surface area contributed by atoms with Crippen LogP contribution >= 0.6 is 0 Å². The van der Waals surface area contributed by atoms with Gasteiger partial charge < -0.3 is 14.2 Å². The van der Waals surface area contributed by atoms with Crippen molar-refractivity contribution in [1.29, 1.82) is 0 Å². The lowest BCUT2D eigenvalue weighted by molar-refractivity contribution is 0.0355. The molecule has 2 heterocycles. The zero-order valence-corrected chi connectivity index (χ0v) is 18.0. The van der Waals surface area contributed by atoms with Crippen LogP contribution in [0.5, 0.6) is 0 Å². The molecule has 1 aromatic carbocycles. The first kappa shape index (κ1) is 21.6. The molecule has 0 radical (unpaired) electrons. The first-order chi connectivity index (χ1) is 14.2. The fourth-order valence-corrected chi connectivity index (χ4v) is 3.80. The molecule has 1 fully saturated rings. The first-order valence-corrected chi connectivity index (χ1v) is 11.0. The van der Waals surface area contributed by atoms with E-state index in [2.05, 4.69) is 34.6 Å². The zero-order valence-electron chi connectivity index (χ0n) is 18.0. The number of aryl methyl sites for hydroxylation is 2. The molecule has 2 aromatic rings. The number of morpholine rings is 1. The lowest BCUT2D eigenvalue weighted by Gasteiger charge is -2.28. The van der Waals surface area contributed by atoms with Gasteiger partial charge in [0.1, 0.15) is 0 Å². The number of benzene rings is 1. The van der Waals surface area contributed by atoms with E-state index in [0.29, 0.717) is 6.54 Å². The standard InChI is InChI=1S/C24H35N3O2/c1-3-4-7-21-9-11-22(12-10-21)24(28)27(20-23-8-5-13-25(23)2)15-6-14-26-16-18-29-19-17-26/h5,8-13H,3-4,6-7,14-20H2,1-2H3. The summed E-state index contributed by atoms with van der Waals surface area (Å²) in [6.45, 7) is 8.23. The number of hydrogen-bond acceptors (Lipinski definition) is 3. The van der Waals surface area contributed by atoms with Gasteiger partial charge >= 0.3 is 0 Å². The van der Waals surface area contributed by atoms with E-state index in [0.717, 1.165) is 63.5 Å². The minimum Gasteiger partial charge on any atom is -0.379 e. The highest BCUT2D eigenvalue weighted by Crippen LogP contribution is 2.14. The largest absolute Gasteiger partial charge is 0.379 e. The summed E-state index contributed by atoms with van der Waals surface area (Å²) < 4.78 is 7.52. The Morgan fingerprint density at radius 2 is 1.86 bits per heavy atom. The van der Waals surface area contributed by atoms with E-state index in [1.165, 1.54) is 18.4 Å². The summed E-state index contributed by atoms with van der Waals surface area (Å²) in [4.78, 5) is 17.7. The van der Waals surface area contributed by atoms with Crippen molar-refractivity contribution in [1.82, 2.24) is 14.4 Å². The summed E-state index contributed by atoms with van der Waals surface area (Å²) in [5, 5.41) is 0. The van der Waals surface area contributed by atoms with Gasteiger partial charge in [-0.3, -0.25) is 9.69 Å². The van der Waals surface area contributed by atoms with Crippen LogP contribution in [0.4, 0.5) is 0 Å². The third kappa shape index (κ3) is 6.44. The van der Waals surface area contributed by atoms with Gasteiger partial charge in [0.15, 0.2) is 0 Å². The Kier molecular flexibility index (Phi) is 8.32. The van der Waals surface area contributed by atoms with Crippen LogP contribution in [0.2, 0.25) is 0 Å². The monoisotopic (exact) mass is 397 g/mol. The molecule has 1 aliphatic heterocycles. The van der Waals surface area contributed by atoms with Crippen molar-refractivity contribution >= 4 is 5.91 Å². The van der Waals surface area contributed by atoms with Crippen LogP contribution in [0.1, 0.15) is 47.8 Å². The van der Waals surface area contributed by atoms with Gasteiger partial charge in [0, 0.05) is 50.7 Å². The van der Waals surface area contributed by atoms with Crippen LogP contribution in [0, 0.1) is 0 Å². The highest BCUT2D eigenvalue weighted by molar-refractivity contribution is 5.94. The maximum absolute atomic E-state index is 13.3. The Balaban J connectivity index is 1.64. The molecule has 1 saturated heterocycles. The van der Waals surface area contributed by atoms with E-state index >= 15 is 0 Å². The summed E-state index contributed by atoms with van der Waals surface area (Å²) >= 11 is 0. The molecule has 5 nitrogen and oxygen atoms in total. The lowest BCUT2D eigenvalue weighted by Crippen LogP contribution is -2.39. The Morgan fingerprint density at radius 1 is 1.10 bits per heavy atom. The summed E-state index contributed by atoms with van der Waals surface area (Å²) in [7, 11) is 2.04. The van der Waals surface area contributed by atoms with E-state index < -0.39 is 0 Å². The summed E-state index contributed by atoms with van der Waals surface area (Å²) in [6.07, 6.45) is 6.47. The molecule has 1 aromatic heterocycles. The molecule has 0 spiro atoms. The van der Waals surface area contributed by atoms with Crippen molar-refractivity contribution in [3.05, 3.63) is 59.4 Å². The lowest BCUT2D eigenvalue weighted by atomic mass is 10.1. The second-order valence-corrected chi connectivity index (χ2v) is 7.95. The number of unbranched alkanes of at least 4 members (excludes halogenated alkanes) is 1. The van der Waals surface area contributed by atoms with E-state index in [9.17, 15) is 4.79 Å². The van der Waals surface area contributed by atoms with Crippen molar-refractivity contribution < 1.29 is 9.53 Å². The molecule has 29 heavy (non-hydrogen) atoms. The van der Waals surface area contributed by atoms with Gasteiger partial charge in [-0.25, -0.2) is 0 Å². The molecule has 5 heteroatoms. The van der Waals surface area contributed by atoms with Crippen LogP contribution in [0.25, 0.3) is 0 Å². The maximum Gasteiger partial charge on any atom is 0.254 e. The van der Waals surface area contributed by atoms with Gasteiger partial charge in [0.25, 0.3) is 5.91 Å². The van der Waals surface area contributed by atoms with E-state index in [1.54, 1.807) is 0 Å². The fourth-order valence-electron chi connectivity index (χ4n) is 3.80. The van der Waals surface area contributed by atoms with Crippen molar-refractivity contribution in [2.24, 2.45) is 7.05 Å². The third-order valence-corrected chi connectivity index (χ3v) is 5.72. The first-order valence-electron chi connectivity index (χ1n) is 11.0. The Morgan fingerprint density at radius 3 is 2.52 bits per heavy atom. The quantitative estimate of drug-likeness (QED) is 0.613. The molecule has 0 aliphatic carbocycles. The van der Waals surface area contributed by atoms with Gasteiger partial charge in [0.05, 0.1) is 19.8 Å². The van der Waals surface area contributed by atoms with Crippen LogP contribution in [-0.2, 0) is 24.8 Å². The molecular weight excluding hydrogens is 362 g/mol. The number of carbonyl (C=O) groups is 1. The average molecular weight is 398 g/mol. The molecule has 3 rings (SSSR count). The molecule has 0 saturated carbocycles. The maximum atomic E-state index is 13.3. The van der Waals surface area contributed by atoms with Crippen LogP contribution in [0.3, 0.4) is 0 Å². The van der Waals surface area contributed by atoms with Crippen LogP contribution in [-0.4, -0.2) is 59.7 Å². The molecule has 1 amide bonds. The Bertz CT molecular complexity index is 748. The van der Waals surface area contributed by atoms with Crippen molar-refractivity contribution in [2.45, 2.75) is 39.2 Å². The topological polar surface area (TPSA) is 37.7 Å². The second-order valence-electron chi connectivity index (χ2n) is 7.95. The van der Waals surface area contributed by atoms with Gasteiger partial charge in [-0.1, -0.05) is 25.5 Å². The fraction of sp³-hybridized carbons (Fsp3) is 0.542.